The van der Waals surface area contributed by atoms with Gasteiger partial charge in [0, 0.05) is 19.0 Å². The van der Waals surface area contributed by atoms with Gasteiger partial charge in [-0.05, 0) is 19.1 Å². The summed E-state index contributed by atoms with van der Waals surface area (Å²) >= 11 is 0. The van der Waals surface area contributed by atoms with Crippen LogP contribution in [-0.2, 0) is 4.79 Å². The molecule has 1 amide bonds. The third kappa shape index (κ3) is 3.75. The van der Waals surface area contributed by atoms with Crippen LogP contribution >= 0.6 is 0 Å². The quantitative estimate of drug-likeness (QED) is 0.633. The summed E-state index contributed by atoms with van der Waals surface area (Å²) in [4.78, 5) is 24.0. The van der Waals surface area contributed by atoms with Gasteiger partial charge in [0.05, 0.1) is 5.56 Å². The number of carbonyl (C=O) groups is 2. The van der Waals surface area contributed by atoms with Gasteiger partial charge in [0.2, 0.25) is 0 Å². The molecule has 120 valence electrons. The first-order chi connectivity index (χ1) is 10.2. The number of Topliss-reactive ketones (excluding diaryl/α,β-unsaturated/α-hetero) is 1. The molecule has 1 aliphatic rings. The number of rotatable bonds is 4. The topological polar surface area (TPSA) is 46.6 Å². The monoisotopic (exact) mass is 319 g/mol. The van der Waals surface area contributed by atoms with Crippen LogP contribution in [0, 0.1) is 5.82 Å². The van der Waals surface area contributed by atoms with Gasteiger partial charge >= 0.3 is 6.18 Å². The molecule has 1 fully saturated rings. The molecule has 1 heterocycles. The number of ether oxygens (including phenoxy) is 1. The SMILES string of the molecule is CC(=O)c1ccc(F)cc1O[C@@H]1CCN(CC(F)(F)F)C1=O. The number of halogens is 4. The van der Waals surface area contributed by atoms with Crippen molar-refractivity contribution < 1.29 is 31.9 Å². The zero-order valence-electron chi connectivity index (χ0n) is 11.6. The highest BCUT2D eigenvalue weighted by molar-refractivity contribution is 5.97. The van der Waals surface area contributed by atoms with Gasteiger partial charge in [0.15, 0.2) is 11.9 Å². The Morgan fingerprint density at radius 2 is 2.09 bits per heavy atom. The van der Waals surface area contributed by atoms with Gasteiger partial charge in [0.1, 0.15) is 18.1 Å². The summed E-state index contributed by atoms with van der Waals surface area (Å²) in [5, 5.41) is 0. The largest absolute Gasteiger partial charge is 0.480 e. The second-order valence-electron chi connectivity index (χ2n) is 4.97. The molecule has 1 aromatic carbocycles. The molecule has 1 aromatic rings. The van der Waals surface area contributed by atoms with Crippen LogP contribution < -0.4 is 4.74 Å². The van der Waals surface area contributed by atoms with Crippen LogP contribution in [-0.4, -0.2) is 42.0 Å². The zero-order valence-corrected chi connectivity index (χ0v) is 11.6. The molecule has 0 saturated carbocycles. The second kappa shape index (κ2) is 5.94. The van der Waals surface area contributed by atoms with Crippen molar-refractivity contribution >= 4 is 11.7 Å². The van der Waals surface area contributed by atoms with Crippen molar-refractivity contribution in [3.8, 4) is 5.75 Å². The summed E-state index contributed by atoms with van der Waals surface area (Å²) in [6, 6.07) is 3.21. The summed E-state index contributed by atoms with van der Waals surface area (Å²) in [5.41, 5.74) is 0.0727. The minimum Gasteiger partial charge on any atom is -0.480 e. The van der Waals surface area contributed by atoms with Crippen LogP contribution in [0.15, 0.2) is 18.2 Å². The molecule has 1 atom stereocenters. The highest BCUT2D eigenvalue weighted by atomic mass is 19.4. The minimum atomic E-state index is -4.49. The Kier molecular flexibility index (Phi) is 4.39. The maximum Gasteiger partial charge on any atom is 0.406 e. The number of alkyl halides is 3. The van der Waals surface area contributed by atoms with E-state index in [4.69, 9.17) is 4.74 Å². The lowest BCUT2D eigenvalue weighted by molar-refractivity contribution is -0.159. The lowest BCUT2D eigenvalue weighted by atomic mass is 10.1. The highest BCUT2D eigenvalue weighted by Crippen LogP contribution is 2.27. The van der Waals surface area contributed by atoms with Crippen LogP contribution in [0.2, 0.25) is 0 Å². The Morgan fingerprint density at radius 1 is 1.41 bits per heavy atom. The molecule has 22 heavy (non-hydrogen) atoms. The van der Waals surface area contributed by atoms with Crippen molar-refractivity contribution in [2.75, 3.05) is 13.1 Å². The first kappa shape index (κ1) is 16.3. The van der Waals surface area contributed by atoms with Gasteiger partial charge in [0.25, 0.3) is 5.91 Å². The van der Waals surface area contributed by atoms with E-state index >= 15 is 0 Å². The van der Waals surface area contributed by atoms with E-state index < -0.39 is 36.3 Å². The third-order valence-electron chi connectivity index (χ3n) is 3.21. The lowest BCUT2D eigenvalue weighted by Crippen LogP contribution is -2.38. The molecule has 0 aliphatic carbocycles. The van der Waals surface area contributed by atoms with Crippen molar-refractivity contribution in [1.82, 2.24) is 4.90 Å². The third-order valence-corrected chi connectivity index (χ3v) is 3.21. The highest BCUT2D eigenvalue weighted by Gasteiger charge is 2.40. The fourth-order valence-corrected chi connectivity index (χ4v) is 2.23. The lowest BCUT2D eigenvalue weighted by Gasteiger charge is -2.19. The van der Waals surface area contributed by atoms with E-state index in [1.165, 1.54) is 13.0 Å². The molecule has 0 radical (unpaired) electrons. The van der Waals surface area contributed by atoms with E-state index in [9.17, 15) is 27.2 Å². The Bertz CT molecular complexity index is 600. The van der Waals surface area contributed by atoms with Crippen LogP contribution in [0.25, 0.3) is 0 Å². The fraction of sp³-hybridized carbons (Fsp3) is 0.429. The van der Waals surface area contributed by atoms with E-state index in [0.717, 1.165) is 12.1 Å². The Labute approximate surface area is 123 Å². The Balaban J connectivity index is 2.14. The molecule has 1 saturated heterocycles. The molecule has 1 aliphatic heterocycles. The number of amides is 1. The number of ketones is 1. The van der Waals surface area contributed by atoms with E-state index in [2.05, 4.69) is 0 Å². The van der Waals surface area contributed by atoms with Gasteiger partial charge in [-0.25, -0.2) is 4.39 Å². The van der Waals surface area contributed by atoms with Crippen LogP contribution in [0.5, 0.6) is 5.75 Å². The number of nitrogens with zero attached hydrogens (tertiary/aromatic N) is 1. The zero-order chi connectivity index (χ0) is 16.5. The first-order valence-electron chi connectivity index (χ1n) is 6.50. The van der Waals surface area contributed by atoms with E-state index in [1.54, 1.807) is 0 Å². The summed E-state index contributed by atoms with van der Waals surface area (Å²) in [5.74, 6) is -2.03. The molecule has 0 bridgehead atoms. The van der Waals surface area contributed by atoms with Gasteiger partial charge in [-0.2, -0.15) is 13.2 Å². The molecular weight excluding hydrogens is 306 g/mol. The van der Waals surface area contributed by atoms with E-state index in [0.29, 0.717) is 4.90 Å². The predicted octanol–water partition coefficient (Wildman–Crippen LogP) is 2.57. The van der Waals surface area contributed by atoms with Gasteiger partial charge in [-0.1, -0.05) is 0 Å². The van der Waals surface area contributed by atoms with Gasteiger partial charge < -0.3 is 9.64 Å². The average molecular weight is 319 g/mol. The number of carbonyl (C=O) groups excluding carboxylic acids is 2. The molecule has 0 N–H and O–H groups in total. The van der Waals surface area contributed by atoms with Crippen molar-refractivity contribution in [3.63, 3.8) is 0 Å². The van der Waals surface area contributed by atoms with Crippen LogP contribution in [0.1, 0.15) is 23.7 Å². The molecule has 2 rings (SSSR count). The fourth-order valence-electron chi connectivity index (χ4n) is 2.23. The average Bonchev–Trinajstić information content (AvgIpc) is 2.69. The number of hydrogen-bond donors (Lipinski definition) is 0. The second-order valence-corrected chi connectivity index (χ2v) is 4.97. The molecule has 8 heteroatoms. The number of hydrogen-bond acceptors (Lipinski definition) is 3. The smallest absolute Gasteiger partial charge is 0.406 e. The van der Waals surface area contributed by atoms with E-state index in [1.807, 2.05) is 0 Å². The molecule has 0 aromatic heterocycles. The molecule has 0 unspecified atom stereocenters. The Hall–Kier alpha value is -2.12. The summed E-state index contributed by atoms with van der Waals surface area (Å²) in [6.07, 6.45) is -5.60. The number of likely N-dealkylation sites (tertiary alicyclic amines) is 1. The standard InChI is InChI=1S/C14H13F4NO3/c1-8(20)10-3-2-9(15)6-12(10)22-11-4-5-19(13(11)21)7-14(16,17)18/h2-3,6,11H,4-5,7H2,1H3/t11-/m1/s1. The maximum atomic E-state index is 13.2. The molecule has 4 nitrogen and oxygen atoms in total. The predicted molar refractivity (Wildman–Crippen MR) is 68.1 cm³/mol. The van der Waals surface area contributed by atoms with Crippen molar-refractivity contribution in [1.29, 1.82) is 0 Å². The summed E-state index contributed by atoms with van der Waals surface area (Å²) in [6.45, 7) is -0.214. The van der Waals surface area contributed by atoms with Crippen molar-refractivity contribution in [2.45, 2.75) is 25.6 Å². The Morgan fingerprint density at radius 3 is 2.68 bits per heavy atom. The molecule has 0 spiro atoms. The van der Waals surface area contributed by atoms with Crippen LogP contribution in [0.3, 0.4) is 0 Å². The van der Waals surface area contributed by atoms with Crippen molar-refractivity contribution in [3.05, 3.63) is 29.6 Å². The van der Waals surface area contributed by atoms with Crippen LogP contribution in [0.4, 0.5) is 17.6 Å². The van der Waals surface area contributed by atoms with Crippen molar-refractivity contribution in [2.24, 2.45) is 0 Å². The van der Waals surface area contributed by atoms with Gasteiger partial charge in [-0.3, -0.25) is 9.59 Å². The van der Waals surface area contributed by atoms with Gasteiger partial charge in [-0.15, -0.1) is 0 Å². The summed E-state index contributed by atoms with van der Waals surface area (Å²) in [7, 11) is 0. The first-order valence-corrected chi connectivity index (χ1v) is 6.50. The molecular formula is C14H13F4NO3. The normalized spacial score (nSPS) is 18.7. The minimum absolute atomic E-state index is 0.0444. The maximum absolute atomic E-state index is 13.2. The summed E-state index contributed by atoms with van der Waals surface area (Å²) < 4.78 is 55.5. The number of benzene rings is 1. The van der Waals surface area contributed by atoms with E-state index in [-0.39, 0.29) is 24.3 Å².